The molecule has 1 aromatic rings. The Balaban J connectivity index is 3.08. The number of benzene rings is 1. The van der Waals surface area contributed by atoms with E-state index in [4.69, 9.17) is 15.4 Å². The van der Waals surface area contributed by atoms with Gasteiger partial charge in [0.1, 0.15) is 0 Å². The highest BCUT2D eigenvalue weighted by molar-refractivity contribution is 5.85. The summed E-state index contributed by atoms with van der Waals surface area (Å²) in [5.74, 6) is 4.47. The van der Waals surface area contributed by atoms with Gasteiger partial charge in [-0.25, -0.2) is 4.79 Å². The molecule has 0 saturated heterocycles. The second kappa shape index (κ2) is 8.15. The number of nitrogens with zero attached hydrogens (tertiary/aromatic N) is 3. The average molecular weight is 287 g/mol. The third-order valence-corrected chi connectivity index (χ3v) is 2.36. The normalized spacial score (nSPS) is 9.57. The summed E-state index contributed by atoms with van der Waals surface area (Å²) in [6, 6.07) is 3.04. The molecule has 0 fully saturated rings. The Labute approximate surface area is 121 Å². The Kier molecular flexibility index (Phi) is 6.19. The van der Waals surface area contributed by atoms with Crippen LogP contribution < -0.4 is 4.74 Å². The quantitative estimate of drug-likeness (QED) is 0.216. The van der Waals surface area contributed by atoms with E-state index in [0.29, 0.717) is 17.5 Å². The zero-order chi connectivity index (χ0) is 15.7. The summed E-state index contributed by atoms with van der Waals surface area (Å²) in [6.07, 6.45) is 2.70. The number of rotatable bonds is 5. The van der Waals surface area contributed by atoms with E-state index < -0.39 is 5.97 Å². The van der Waals surface area contributed by atoms with E-state index in [1.807, 2.05) is 0 Å². The van der Waals surface area contributed by atoms with Crippen molar-refractivity contribution in [3.05, 3.63) is 39.8 Å². The number of aromatic hydroxyl groups is 1. The first-order valence-electron chi connectivity index (χ1n) is 5.90. The molecule has 108 valence electrons. The molecule has 0 atom stereocenters. The van der Waals surface area contributed by atoms with Crippen molar-refractivity contribution in [2.24, 2.45) is 5.11 Å². The van der Waals surface area contributed by atoms with E-state index in [0.717, 1.165) is 6.08 Å². The minimum absolute atomic E-state index is 0.124. The van der Waals surface area contributed by atoms with E-state index in [-0.39, 0.29) is 18.0 Å². The summed E-state index contributed by atoms with van der Waals surface area (Å²) < 4.78 is 5.01. The van der Waals surface area contributed by atoms with Gasteiger partial charge in [-0.1, -0.05) is 17.0 Å². The zero-order valence-electron chi connectivity index (χ0n) is 11.3. The van der Waals surface area contributed by atoms with Crippen molar-refractivity contribution in [3.63, 3.8) is 0 Å². The smallest absolute Gasteiger partial charge is 0.328 e. The van der Waals surface area contributed by atoms with Crippen LogP contribution >= 0.6 is 0 Å². The van der Waals surface area contributed by atoms with Crippen LogP contribution in [0.2, 0.25) is 0 Å². The lowest BCUT2D eigenvalue weighted by Gasteiger charge is -2.06. The standard InChI is InChI=1S/C14H13N3O4/c1-21-12-9-10(5-6-13(18)19)8-11(14(12)20)4-2-3-7-16-17-15/h5-6,8-9,20H,3,7H2,1H3,(H,18,19). The van der Waals surface area contributed by atoms with Gasteiger partial charge in [0.15, 0.2) is 11.5 Å². The molecule has 0 radical (unpaired) electrons. The number of methoxy groups -OCH3 is 1. The summed E-state index contributed by atoms with van der Waals surface area (Å²) in [5, 5.41) is 21.9. The van der Waals surface area contributed by atoms with E-state index in [1.54, 1.807) is 0 Å². The largest absolute Gasteiger partial charge is 0.503 e. The van der Waals surface area contributed by atoms with Crippen LogP contribution in [-0.4, -0.2) is 29.8 Å². The lowest BCUT2D eigenvalue weighted by molar-refractivity contribution is -0.131. The van der Waals surface area contributed by atoms with Gasteiger partial charge in [0.25, 0.3) is 0 Å². The molecule has 0 aliphatic carbocycles. The molecule has 0 saturated carbocycles. The molecule has 0 aliphatic heterocycles. The van der Waals surface area contributed by atoms with Gasteiger partial charge in [0.2, 0.25) is 0 Å². The van der Waals surface area contributed by atoms with Crippen LogP contribution in [0.25, 0.3) is 16.5 Å². The topological polar surface area (TPSA) is 116 Å². The number of carboxylic acid groups (broad SMARTS) is 1. The summed E-state index contributed by atoms with van der Waals surface area (Å²) in [7, 11) is 1.39. The van der Waals surface area contributed by atoms with Crippen molar-refractivity contribution in [2.45, 2.75) is 6.42 Å². The molecule has 0 spiro atoms. The third-order valence-electron chi connectivity index (χ3n) is 2.36. The Morgan fingerprint density at radius 1 is 1.57 bits per heavy atom. The minimum atomic E-state index is -1.08. The van der Waals surface area contributed by atoms with Crippen molar-refractivity contribution in [1.82, 2.24) is 0 Å². The number of hydrogen-bond acceptors (Lipinski definition) is 4. The third kappa shape index (κ3) is 5.19. The number of carboxylic acids is 1. The van der Waals surface area contributed by atoms with Crippen LogP contribution in [0.3, 0.4) is 0 Å². The van der Waals surface area contributed by atoms with Gasteiger partial charge in [0.05, 0.1) is 12.7 Å². The minimum Gasteiger partial charge on any atom is -0.503 e. The van der Waals surface area contributed by atoms with Gasteiger partial charge in [-0.15, -0.1) is 0 Å². The highest BCUT2D eigenvalue weighted by Crippen LogP contribution is 2.31. The molecule has 0 bridgehead atoms. The van der Waals surface area contributed by atoms with Crippen LogP contribution in [0.1, 0.15) is 17.5 Å². The molecular weight excluding hydrogens is 274 g/mol. The van der Waals surface area contributed by atoms with Crippen molar-refractivity contribution in [2.75, 3.05) is 13.7 Å². The van der Waals surface area contributed by atoms with E-state index in [9.17, 15) is 9.90 Å². The number of hydrogen-bond donors (Lipinski definition) is 2. The van der Waals surface area contributed by atoms with Crippen LogP contribution in [0, 0.1) is 11.8 Å². The van der Waals surface area contributed by atoms with Gasteiger partial charge in [-0.05, 0) is 29.3 Å². The first-order chi connectivity index (χ1) is 10.1. The number of phenols is 1. The van der Waals surface area contributed by atoms with Crippen LogP contribution in [-0.2, 0) is 4.79 Å². The fourth-order valence-electron chi connectivity index (χ4n) is 1.45. The molecule has 21 heavy (non-hydrogen) atoms. The lowest BCUT2D eigenvalue weighted by Crippen LogP contribution is -1.90. The molecule has 1 aromatic carbocycles. The fourth-order valence-corrected chi connectivity index (χ4v) is 1.45. The maximum atomic E-state index is 10.5. The Morgan fingerprint density at radius 3 is 2.95 bits per heavy atom. The maximum Gasteiger partial charge on any atom is 0.328 e. The summed E-state index contributed by atoms with van der Waals surface area (Å²) in [4.78, 5) is 13.1. The molecule has 0 aromatic heterocycles. The predicted molar refractivity (Wildman–Crippen MR) is 76.8 cm³/mol. The lowest BCUT2D eigenvalue weighted by atomic mass is 10.1. The van der Waals surface area contributed by atoms with Crippen LogP contribution in [0.5, 0.6) is 11.5 Å². The molecule has 0 unspecified atom stereocenters. The molecule has 1 rings (SSSR count). The monoisotopic (exact) mass is 287 g/mol. The Bertz CT molecular complexity index is 665. The van der Waals surface area contributed by atoms with Crippen molar-refractivity contribution in [1.29, 1.82) is 0 Å². The van der Waals surface area contributed by atoms with E-state index in [2.05, 4.69) is 21.9 Å². The highest BCUT2D eigenvalue weighted by Gasteiger charge is 2.08. The summed E-state index contributed by atoms with van der Waals surface area (Å²) >= 11 is 0. The number of phenolic OH excluding ortho intramolecular Hbond substituents is 1. The van der Waals surface area contributed by atoms with E-state index in [1.165, 1.54) is 25.3 Å². The van der Waals surface area contributed by atoms with Gasteiger partial charge in [-0.2, -0.15) is 0 Å². The zero-order valence-corrected chi connectivity index (χ0v) is 11.3. The van der Waals surface area contributed by atoms with Gasteiger partial charge >= 0.3 is 5.97 Å². The van der Waals surface area contributed by atoms with Crippen molar-refractivity contribution in [3.8, 4) is 23.3 Å². The predicted octanol–water partition coefficient (Wildman–Crippen LogP) is 2.55. The second-order valence-corrected chi connectivity index (χ2v) is 3.80. The molecule has 7 heteroatoms. The van der Waals surface area contributed by atoms with Crippen LogP contribution in [0.4, 0.5) is 0 Å². The molecule has 7 nitrogen and oxygen atoms in total. The highest BCUT2D eigenvalue weighted by atomic mass is 16.5. The number of ether oxygens (including phenoxy) is 1. The molecule has 0 heterocycles. The fraction of sp³-hybridized carbons (Fsp3) is 0.214. The Hall–Kier alpha value is -3.10. The van der Waals surface area contributed by atoms with Gasteiger partial charge < -0.3 is 14.9 Å². The average Bonchev–Trinajstić information content (AvgIpc) is 2.47. The number of azide groups is 1. The Morgan fingerprint density at radius 2 is 2.33 bits per heavy atom. The number of aliphatic carboxylic acids is 1. The van der Waals surface area contributed by atoms with Crippen molar-refractivity contribution < 1.29 is 19.7 Å². The first-order valence-corrected chi connectivity index (χ1v) is 5.90. The summed E-state index contributed by atoms with van der Waals surface area (Å²) in [5.41, 5.74) is 8.97. The van der Waals surface area contributed by atoms with E-state index >= 15 is 0 Å². The van der Waals surface area contributed by atoms with Crippen LogP contribution in [0.15, 0.2) is 23.3 Å². The molecular formula is C14H13N3O4. The SMILES string of the molecule is COc1cc(C=CC(=O)O)cc(C#CCCN=[N+]=[N-])c1O. The first kappa shape index (κ1) is 16.0. The molecule has 0 amide bonds. The van der Waals surface area contributed by atoms with Crippen molar-refractivity contribution >= 4 is 12.0 Å². The van der Waals surface area contributed by atoms with Gasteiger partial charge in [-0.3, -0.25) is 0 Å². The summed E-state index contributed by atoms with van der Waals surface area (Å²) in [6.45, 7) is 0.236. The second-order valence-electron chi connectivity index (χ2n) is 3.80. The molecule has 2 N–H and O–H groups in total. The maximum absolute atomic E-state index is 10.5. The van der Waals surface area contributed by atoms with Gasteiger partial charge in [0, 0.05) is 24.0 Å². The number of carbonyl (C=O) groups is 1. The molecule has 0 aliphatic rings.